The molecule has 1 N–H and O–H groups in total. The predicted molar refractivity (Wildman–Crippen MR) is 110 cm³/mol. The summed E-state index contributed by atoms with van der Waals surface area (Å²) in [7, 11) is 0. The normalized spacial score (nSPS) is 19.4. The second-order valence-corrected chi connectivity index (χ2v) is 7.82. The Kier molecular flexibility index (Phi) is 4.47. The summed E-state index contributed by atoms with van der Waals surface area (Å²) >= 11 is 0. The molecule has 2 aliphatic rings. The Hall–Kier alpha value is -2.89. The summed E-state index contributed by atoms with van der Waals surface area (Å²) in [5.74, 6) is 1.04. The van der Waals surface area contributed by atoms with Crippen LogP contribution >= 0.6 is 0 Å². The van der Waals surface area contributed by atoms with Crippen molar-refractivity contribution in [3.05, 3.63) is 54.0 Å². The lowest BCUT2D eigenvalue weighted by Gasteiger charge is -2.33. The number of fused-ring (bicyclic) bond motifs is 3. The van der Waals surface area contributed by atoms with Gasteiger partial charge in [0.2, 0.25) is 5.91 Å². The lowest BCUT2D eigenvalue weighted by Crippen LogP contribution is -2.41. The number of nitrogens with one attached hydrogen (secondary N) is 1. The number of para-hydroxylation sites is 1. The Morgan fingerprint density at radius 3 is 2.86 bits per heavy atom. The summed E-state index contributed by atoms with van der Waals surface area (Å²) in [6.07, 6.45) is 10.2. The molecule has 1 fully saturated rings. The molecule has 144 valence electrons. The third-order valence-electron chi connectivity index (χ3n) is 5.93. The predicted octanol–water partition coefficient (Wildman–Crippen LogP) is 3.46. The standard InChI is InChI=1S/C22H25N5O/c28-22(24-17-8-2-1-3-9-17)16-7-6-13-26(15-16)21-20-18-10-4-5-11-19(18)25-27(20)14-12-23-21/h1-3,8-9,12,14,16H,4-7,10-11,13,15H2,(H,24,28). The van der Waals surface area contributed by atoms with E-state index in [-0.39, 0.29) is 11.8 Å². The average molecular weight is 375 g/mol. The van der Waals surface area contributed by atoms with Crippen LogP contribution in [0.1, 0.15) is 36.9 Å². The van der Waals surface area contributed by atoms with Crippen LogP contribution in [0.4, 0.5) is 11.5 Å². The Morgan fingerprint density at radius 2 is 1.96 bits per heavy atom. The number of rotatable bonds is 3. The largest absolute Gasteiger partial charge is 0.354 e. The molecule has 1 unspecified atom stereocenters. The molecule has 1 aliphatic heterocycles. The Balaban J connectivity index is 1.41. The second-order valence-electron chi connectivity index (χ2n) is 7.82. The molecule has 1 amide bonds. The van der Waals surface area contributed by atoms with Gasteiger partial charge >= 0.3 is 0 Å². The number of nitrogens with zero attached hydrogens (tertiary/aromatic N) is 4. The molecule has 1 aliphatic carbocycles. The maximum Gasteiger partial charge on any atom is 0.229 e. The molecule has 0 saturated carbocycles. The fourth-order valence-electron chi connectivity index (χ4n) is 4.53. The van der Waals surface area contributed by atoms with E-state index in [0.29, 0.717) is 6.54 Å². The van der Waals surface area contributed by atoms with E-state index in [0.717, 1.165) is 49.2 Å². The van der Waals surface area contributed by atoms with Crippen molar-refractivity contribution in [1.82, 2.24) is 14.6 Å². The Labute approximate surface area is 164 Å². The lowest BCUT2D eigenvalue weighted by atomic mass is 9.95. The molecular formula is C22H25N5O. The number of benzene rings is 1. The highest BCUT2D eigenvalue weighted by Crippen LogP contribution is 2.32. The number of anilines is 2. The van der Waals surface area contributed by atoms with Crippen molar-refractivity contribution in [3.8, 4) is 0 Å². The van der Waals surface area contributed by atoms with Gasteiger partial charge in [0.05, 0.1) is 11.6 Å². The third kappa shape index (κ3) is 3.13. The zero-order valence-corrected chi connectivity index (χ0v) is 16.0. The number of carbonyl (C=O) groups is 1. The van der Waals surface area contributed by atoms with Crippen LogP contribution in [-0.2, 0) is 17.6 Å². The number of hydrogen-bond donors (Lipinski definition) is 1. The average Bonchev–Trinajstić information content (AvgIpc) is 3.13. The van der Waals surface area contributed by atoms with Crippen LogP contribution in [0.2, 0.25) is 0 Å². The van der Waals surface area contributed by atoms with E-state index in [4.69, 9.17) is 10.1 Å². The fourth-order valence-corrected chi connectivity index (χ4v) is 4.53. The van der Waals surface area contributed by atoms with E-state index < -0.39 is 0 Å². The van der Waals surface area contributed by atoms with Gasteiger partial charge in [-0.1, -0.05) is 18.2 Å². The van der Waals surface area contributed by atoms with Crippen LogP contribution in [0, 0.1) is 5.92 Å². The molecule has 1 aromatic carbocycles. The van der Waals surface area contributed by atoms with Crippen LogP contribution in [0.25, 0.3) is 5.52 Å². The molecule has 6 nitrogen and oxygen atoms in total. The molecule has 0 bridgehead atoms. The molecule has 1 atom stereocenters. The van der Waals surface area contributed by atoms with Gasteiger partial charge in [0.25, 0.3) is 0 Å². The smallest absolute Gasteiger partial charge is 0.229 e. The van der Waals surface area contributed by atoms with Gasteiger partial charge in [-0.15, -0.1) is 0 Å². The van der Waals surface area contributed by atoms with E-state index in [1.807, 2.05) is 47.2 Å². The minimum Gasteiger partial charge on any atom is -0.354 e. The van der Waals surface area contributed by atoms with Gasteiger partial charge in [-0.05, 0) is 50.7 Å². The molecular weight excluding hydrogens is 350 g/mol. The SMILES string of the molecule is O=C(Nc1ccccc1)C1CCCN(c2nccn3nc4c(c23)CCCC4)C1. The second kappa shape index (κ2) is 7.26. The highest BCUT2D eigenvalue weighted by atomic mass is 16.1. The Bertz CT molecular complexity index is 997. The first kappa shape index (κ1) is 17.2. The Morgan fingerprint density at radius 1 is 1.11 bits per heavy atom. The first-order valence-corrected chi connectivity index (χ1v) is 10.3. The fraction of sp³-hybridized carbons (Fsp3) is 0.409. The summed E-state index contributed by atoms with van der Waals surface area (Å²) in [5, 5.41) is 7.85. The minimum atomic E-state index is -0.0326. The summed E-state index contributed by atoms with van der Waals surface area (Å²) in [4.78, 5) is 19.8. The first-order chi connectivity index (χ1) is 13.8. The van der Waals surface area contributed by atoms with Gasteiger partial charge in [0, 0.05) is 36.7 Å². The number of piperidine rings is 1. The number of hydrogen-bond acceptors (Lipinski definition) is 4. The molecule has 6 heteroatoms. The molecule has 3 heterocycles. The summed E-state index contributed by atoms with van der Waals surface area (Å²) < 4.78 is 1.99. The number of carbonyl (C=O) groups excluding carboxylic acids is 1. The molecule has 0 radical (unpaired) electrons. The quantitative estimate of drug-likeness (QED) is 0.761. The van der Waals surface area contributed by atoms with Gasteiger partial charge in [-0.2, -0.15) is 5.10 Å². The van der Waals surface area contributed by atoms with Crippen molar-refractivity contribution >= 4 is 22.9 Å². The minimum absolute atomic E-state index is 0.0326. The monoisotopic (exact) mass is 375 g/mol. The van der Waals surface area contributed by atoms with E-state index in [9.17, 15) is 4.79 Å². The number of aromatic nitrogens is 3. The summed E-state index contributed by atoms with van der Waals surface area (Å²) in [6, 6.07) is 9.70. The van der Waals surface area contributed by atoms with Crippen molar-refractivity contribution in [2.24, 2.45) is 5.92 Å². The van der Waals surface area contributed by atoms with E-state index in [1.165, 1.54) is 24.1 Å². The highest BCUT2D eigenvalue weighted by molar-refractivity contribution is 5.93. The van der Waals surface area contributed by atoms with Crippen molar-refractivity contribution in [1.29, 1.82) is 0 Å². The van der Waals surface area contributed by atoms with Gasteiger partial charge in [-0.25, -0.2) is 9.50 Å². The topological polar surface area (TPSA) is 62.5 Å². The van der Waals surface area contributed by atoms with Crippen molar-refractivity contribution < 1.29 is 4.79 Å². The molecule has 28 heavy (non-hydrogen) atoms. The van der Waals surface area contributed by atoms with Gasteiger partial charge in [0.15, 0.2) is 5.82 Å². The van der Waals surface area contributed by atoms with Crippen LogP contribution in [-0.4, -0.2) is 33.6 Å². The zero-order chi connectivity index (χ0) is 18.9. The maximum absolute atomic E-state index is 12.8. The van der Waals surface area contributed by atoms with Gasteiger partial charge in [0.1, 0.15) is 5.52 Å². The van der Waals surface area contributed by atoms with E-state index in [2.05, 4.69) is 10.2 Å². The summed E-state index contributed by atoms with van der Waals surface area (Å²) in [6.45, 7) is 1.63. The number of aryl methyl sites for hydroxylation is 2. The van der Waals surface area contributed by atoms with Crippen molar-refractivity contribution in [2.75, 3.05) is 23.3 Å². The van der Waals surface area contributed by atoms with Gasteiger partial charge < -0.3 is 10.2 Å². The lowest BCUT2D eigenvalue weighted by molar-refractivity contribution is -0.120. The van der Waals surface area contributed by atoms with Crippen molar-refractivity contribution in [3.63, 3.8) is 0 Å². The highest BCUT2D eigenvalue weighted by Gasteiger charge is 2.29. The zero-order valence-electron chi connectivity index (χ0n) is 16.0. The molecule has 5 rings (SSSR count). The van der Waals surface area contributed by atoms with Crippen LogP contribution in [0.5, 0.6) is 0 Å². The summed E-state index contributed by atoms with van der Waals surface area (Å²) in [5.41, 5.74) is 4.57. The molecule has 2 aromatic heterocycles. The van der Waals surface area contributed by atoms with E-state index in [1.54, 1.807) is 0 Å². The maximum atomic E-state index is 12.8. The third-order valence-corrected chi connectivity index (χ3v) is 5.93. The van der Waals surface area contributed by atoms with Crippen molar-refractivity contribution in [2.45, 2.75) is 38.5 Å². The van der Waals surface area contributed by atoms with E-state index >= 15 is 0 Å². The molecule has 1 saturated heterocycles. The van der Waals surface area contributed by atoms with Crippen LogP contribution in [0.15, 0.2) is 42.7 Å². The number of amides is 1. The molecule has 0 spiro atoms. The van der Waals surface area contributed by atoms with Gasteiger partial charge in [-0.3, -0.25) is 4.79 Å². The van der Waals surface area contributed by atoms with Crippen LogP contribution in [0.3, 0.4) is 0 Å². The first-order valence-electron chi connectivity index (χ1n) is 10.3. The van der Waals surface area contributed by atoms with Crippen LogP contribution < -0.4 is 10.2 Å². The molecule has 3 aromatic rings.